The minimum atomic E-state index is -0.0634. The first kappa shape index (κ1) is 15.0. The molecular weight excluding hydrogens is 266 g/mol. The number of carbonyl (C=O) groups excluding carboxylic acids is 1. The van der Waals surface area contributed by atoms with E-state index in [0.717, 1.165) is 0 Å². The highest BCUT2D eigenvalue weighted by atomic mass is 16.5. The van der Waals surface area contributed by atoms with Crippen molar-refractivity contribution in [2.24, 2.45) is 0 Å². The van der Waals surface area contributed by atoms with Crippen LogP contribution in [0.25, 0.3) is 0 Å². The Morgan fingerprint density at radius 1 is 1.19 bits per heavy atom. The summed E-state index contributed by atoms with van der Waals surface area (Å²) in [7, 11) is 0. The monoisotopic (exact) mass is 285 g/mol. The zero-order chi connectivity index (χ0) is 15.1. The summed E-state index contributed by atoms with van der Waals surface area (Å²) in [5.41, 5.74) is 0.683. The summed E-state index contributed by atoms with van der Waals surface area (Å²) in [6.07, 6.45) is 3.25. The van der Waals surface area contributed by atoms with Crippen LogP contribution in [0.15, 0.2) is 48.8 Å². The first-order chi connectivity index (χ1) is 10.2. The van der Waals surface area contributed by atoms with Gasteiger partial charge in [0.25, 0.3) is 5.91 Å². The molecular formula is C16H19N3O2. The molecule has 0 saturated heterocycles. The molecule has 2 aromatic rings. The van der Waals surface area contributed by atoms with Gasteiger partial charge in [0, 0.05) is 24.5 Å². The summed E-state index contributed by atoms with van der Waals surface area (Å²) in [6.45, 7) is 4.88. The van der Waals surface area contributed by atoms with Crippen molar-refractivity contribution >= 4 is 5.91 Å². The summed E-state index contributed by atoms with van der Waals surface area (Å²) >= 11 is 0. The van der Waals surface area contributed by atoms with Gasteiger partial charge in [-0.05, 0) is 32.0 Å². The van der Waals surface area contributed by atoms with Crippen molar-refractivity contribution in [3.63, 3.8) is 0 Å². The minimum Gasteiger partial charge on any atom is -0.461 e. The van der Waals surface area contributed by atoms with E-state index in [0.29, 0.717) is 24.7 Å². The number of amides is 1. The van der Waals surface area contributed by atoms with Crippen LogP contribution in [0.2, 0.25) is 0 Å². The van der Waals surface area contributed by atoms with Gasteiger partial charge in [0.05, 0.1) is 6.04 Å². The van der Waals surface area contributed by atoms with Crippen LogP contribution in [0, 0.1) is 0 Å². The molecule has 0 radical (unpaired) electrons. The third kappa shape index (κ3) is 4.02. The maximum absolute atomic E-state index is 12.5. The maximum Gasteiger partial charge on any atom is 0.316 e. The van der Waals surface area contributed by atoms with Crippen LogP contribution in [0.1, 0.15) is 24.2 Å². The summed E-state index contributed by atoms with van der Waals surface area (Å²) in [5, 5.41) is 0. The average molecular weight is 285 g/mol. The highest BCUT2D eigenvalue weighted by molar-refractivity contribution is 5.94. The lowest BCUT2D eigenvalue weighted by Gasteiger charge is -2.27. The normalized spacial score (nSPS) is 11.7. The molecule has 2 rings (SSSR count). The van der Waals surface area contributed by atoms with Gasteiger partial charge in [0.2, 0.25) is 0 Å². The van der Waals surface area contributed by atoms with Gasteiger partial charge in [0.15, 0.2) is 0 Å². The molecule has 0 spiro atoms. The molecule has 5 heteroatoms. The van der Waals surface area contributed by atoms with Crippen LogP contribution in [0.3, 0.4) is 0 Å². The van der Waals surface area contributed by atoms with E-state index in [1.165, 1.54) is 0 Å². The van der Waals surface area contributed by atoms with Crippen molar-refractivity contribution < 1.29 is 9.53 Å². The van der Waals surface area contributed by atoms with E-state index >= 15 is 0 Å². The van der Waals surface area contributed by atoms with E-state index in [1.807, 2.05) is 44.2 Å². The van der Waals surface area contributed by atoms with Gasteiger partial charge in [-0.1, -0.05) is 18.2 Å². The average Bonchev–Trinajstić information content (AvgIpc) is 2.55. The number of rotatable bonds is 6. The molecule has 0 aliphatic heterocycles. The molecule has 0 saturated carbocycles. The van der Waals surface area contributed by atoms with E-state index in [2.05, 4.69) is 9.97 Å². The molecule has 0 unspecified atom stereocenters. The Morgan fingerprint density at radius 3 is 2.48 bits per heavy atom. The van der Waals surface area contributed by atoms with Crippen LogP contribution >= 0.6 is 0 Å². The van der Waals surface area contributed by atoms with Gasteiger partial charge in [-0.15, -0.1) is 0 Å². The Labute approximate surface area is 124 Å². The molecule has 0 fully saturated rings. The van der Waals surface area contributed by atoms with Gasteiger partial charge in [-0.25, -0.2) is 9.97 Å². The van der Waals surface area contributed by atoms with Crippen LogP contribution in [-0.2, 0) is 0 Å². The lowest BCUT2D eigenvalue weighted by atomic mass is 10.1. The Hall–Kier alpha value is -2.43. The van der Waals surface area contributed by atoms with Gasteiger partial charge < -0.3 is 9.64 Å². The summed E-state index contributed by atoms with van der Waals surface area (Å²) in [5.74, 6) is 0.00294. The second kappa shape index (κ2) is 7.38. The van der Waals surface area contributed by atoms with Crippen LogP contribution in [0.4, 0.5) is 0 Å². The quantitative estimate of drug-likeness (QED) is 0.818. The summed E-state index contributed by atoms with van der Waals surface area (Å²) in [6, 6.07) is 11.2. The van der Waals surface area contributed by atoms with E-state index in [-0.39, 0.29) is 11.9 Å². The largest absolute Gasteiger partial charge is 0.461 e. The number of benzene rings is 1. The van der Waals surface area contributed by atoms with Crippen molar-refractivity contribution in [3.8, 4) is 6.01 Å². The van der Waals surface area contributed by atoms with Crippen molar-refractivity contribution in [2.45, 2.75) is 19.9 Å². The van der Waals surface area contributed by atoms with E-state index in [1.54, 1.807) is 23.4 Å². The predicted octanol–water partition coefficient (Wildman–Crippen LogP) is 2.41. The Kier molecular flexibility index (Phi) is 5.26. The van der Waals surface area contributed by atoms with Gasteiger partial charge >= 0.3 is 6.01 Å². The summed E-state index contributed by atoms with van der Waals surface area (Å²) < 4.78 is 5.52. The smallest absolute Gasteiger partial charge is 0.316 e. The SMILES string of the molecule is CCN(C(=O)c1ccccc1)[C@@H](C)COc1ncccn1. The Balaban J connectivity index is 1.98. The summed E-state index contributed by atoms with van der Waals surface area (Å²) in [4.78, 5) is 22.2. The highest BCUT2D eigenvalue weighted by Crippen LogP contribution is 2.09. The number of hydrogen-bond acceptors (Lipinski definition) is 4. The standard InChI is InChI=1S/C16H19N3O2/c1-3-19(15(20)14-8-5-4-6-9-14)13(2)12-21-16-17-10-7-11-18-16/h4-11,13H,3,12H2,1-2H3/t13-/m0/s1. The first-order valence-corrected chi connectivity index (χ1v) is 6.98. The van der Waals surface area contributed by atoms with Crippen LogP contribution in [-0.4, -0.2) is 40.0 Å². The molecule has 21 heavy (non-hydrogen) atoms. The fourth-order valence-electron chi connectivity index (χ4n) is 2.05. The number of likely N-dealkylation sites (N-methyl/N-ethyl adjacent to an activating group) is 1. The van der Waals surface area contributed by atoms with Gasteiger partial charge in [-0.2, -0.15) is 0 Å². The maximum atomic E-state index is 12.5. The molecule has 1 aromatic carbocycles. The number of ether oxygens (including phenoxy) is 1. The third-order valence-corrected chi connectivity index (χ3v) is 3.15. The van der Waals surface area contributed by atoms with Crippen LogP contribution < -0.4 is 4.74 Å². The fourth-order valence-corrected chi connectivity index (χ4v) is 2.05. The zero-order valence-corrected chi connectivity index (χ0v) is 12.3. The lowest BCUT2D eigenvalue weighted by molar-refractivity contribution is 0.0643. The number of nitrogens with zero attached hydrogens (tertiary/aromatic N) is 3. The van der Waals surface area contributed by atoms with Crippen molar-refractivity contribution in [1.29, 1.82) is 0 Å². The first-order valence-electron chi connectivity index (χ1n) is 6.98. The van der Waals surface area contributed by atoms with E-state index < -0.39 is 0 Å². The van der Waals surface area contributed by atoms with Crippen molar-refractivity contribution in [2.75, 3.05) is 13.2 Å². The Bertz CT molecular complexity index is 560. The number of carbonyl (C=O) groups is 1. The van der Waals surface area contributed by atoms with Gasteiger partial charge in [0.1, 0.15) is 6.61 Å². The molecule has 5 nitrogen and oxygen atoms in total. The van der Waals surface area contributed by atoms with Crippen molar-refractivity contribution in [3.05, 3.63) is 54.4 Å². The van der Waals surface area contributed by atoms with Gasteiger partial charge in [-0.3, -0.25) is 4.79 Å². The second-order valence-electron chi connectivity index (χ2n) is 4.65. The molecule has 1 atom stereocenters. The highest BCUT2D eigenvalue weighted by Gasteiger charge is 2.20. The molecule has 0 aliphatic rings. The molecule has 110 valence electrons. The third-order valence-electron chi connectivity index (χ3n) is 3.15. The molecule has 0 N–H and O–H groups in total. The Morgan fingerprint density at radius 2 is 1.86 bits per heavy atom. The molecule has 1 aromatic heterocycles. The number of hydrogen-bond donors (Lipinski definition) is 0. The second-order valence-corrected chi connectivity index (χ2v) is 4.65. The molecule has 1 heterocycles. The molecule has 1 amide bonds. The molecule has 0 aliphatic carbocycles. The molecule has 0 bridgehead atoms. The minimum absolute atomic E-state index is 0.00294. The fraction of sp³-hybridized carbons (Fsp3) is 0.312. The van der Waals surface area contributed by atoms with Crippen molar-refractivity contribution in [1.82, 2.24) is 14.9 Å². The zero-order valence-electron chi connectivity index (χ0n) is 12.3. The van der Waals surface area contributed by atoms with Crippen LogP contribution in [0.5, 0.6) is 6.01 Å². The van der Waals surface area contributed by atoms with E-state index in [9.17, 15) is 4.79 Å². The topological polar surface area (TPSA) is 55.3 Å². The lowest BCUT2D eigenvalue weighted by Crippen LogP contribution is -2.41. The predicted molar refractivity (Wildman–Crippen MR) is 80.1 cm³/mol. The number of aromatic nitrogens is 2. The van der Waals surface area contributed by atoms with E-state index in [4.69, 9.17) is 4.74 Å².